The van der Waals surface area contributed by atoms with Gasteiger partial charge in [0.25, 0.3) is 0 Å². The van der Waals surface area contributed by atoms with Crippen molar-refractivity contribution < 1.29 is 4.79 Å². The van der Waals surface area contributed by atoms with Crippen LogP contribution < -0.4 is 5.73 Å². The molecule has 0 aromatic carbocycles. The molecule has 0 radical (unpaired) electrons. The second-order valence-electron chi connectivity index (χ2n) is 4.78. The maximum atomic E-state index is 12.5. The van der Waals surface area contributed by atoms with Crippen molar-refractivity contribution in [3.63, 3.8) is 0 Å². The van der Waals surface area contributed by atoms with Crippen molar-refractivity contribution in [2.75, 3.05) is 6.54 Å². The van der Waals surface area contributed by atoms with E-state index in [4.69, 9.17) is 5.73 Å². The molecule has 0 saturated heterocycles. The van der Waals surface area contributed by atoms with Crippen LogP contribution in [0.15, 0.2) is 12.3 Å². The highest BCUT2D eigenvalue weighted by Gasteiger charge is 2.31. The molecular weight excluding hydrogens is 214 g/mol. The Labute approximate surface area is 102 Å². The summed E-state index contributed by atoms with van der Waals surface area (Å²) < 4.78 is 1.78. The van der Waals surface area contributed by atoms with Gasteiger partial charge in [0.2, 0.25) is 0 Å². The topological polar surface area (TPSA) is 60.9 Å². The third kappa shape index (κ3) is 2.41. The van der Waals surface area contributed by atoms with Crippen LogP contribution in [-0.4, -0.2) is 22.1 Å². The molecule has 0 amide bonds. The fraction of sp³-hybridized carbons (Fsp3) is 0.692. The van der Waals surface area contributed by atoms with Gasteiger partial charge in [0.1, 0.15) is 5.69 Å². The first-order valence-corrected chi connectivity index (χ1v) is 6.54. The van der Waals surface area contributed by atoms with Crippen molar-refractivity contribution in [1.29, 1.82) is 0 Å². The molecule has 2 N–H and O–H groups in total. The van der Waals surface area contributed by atoms with E-state index < -0.39 is 0 Å². The summed E-state index contributed by atoms with van der Waals surface area (Å²) >= 11 is 0. The molecule has 2 unspecified atom stereocenters. The number of nitrogens with zero attached hydrogens (tertiary/aromatic N) is 2. The fourth-order valence-electron chi connectivity index (χ4n) is 2.82. The van der Waals surface area contributed by atoms with Crippen LogP contribution in [0, 0.1) is 11.8 Å². The largest absolute Gasteiger partial charge is 0.330 e. The predicted octanol–water partition coefficient (Wildman–Crippen LogP) is 1.85. The molecule has 0 bridgehead atoms. The number of nitrogens with two attached hydrogens (primary N) is 1. The second-order valence-corrected chi connectivity index (χ2v) is 4.78. The SMILES string of the molecule is CCn1nccc1C(=O)C1CCCCC1CN. The van der Waals surface area contributed by atoms with Gasteiger partial charge in [-0.2, -0.15) is 5.10 Å². The number of Topliss-reactive ketones (excluding diaryl/α,β-unsaturated/α-hetero) is 1. The minimum atomic E-state index is 0.107. The standard InChI is InChI=1S/C13H21N3O/c1-2-16-12(7-8-15-16)13(17)11-6-4-3-5-10(11)9-14/h7-8,10-11H,2-6,9,14H2,1H3. The molecule has 1 aromatic rings. The molecule has 17 heavy (non-hydrogen) atoms. The zero-order chi connectivity index (χ0) is 12.3. The molecule has 1 saturated carbocycles. The van der Waals surface area contributed by atoms with Crippen molar-refractivity contribution in [1.82, 2.24) is 9.78 Å². The first-order valence-electron chi connectivity index (χ1n) is 6.54. The number of hydrogen-bond acceptors (Lipinski definition) is 3. The normalized spacial score (nSPS) is 24.8. The molecule has 4 nitrogen and oxygen atoms in total. The number of rotatable bonds is 4. The molecular formula is C13H21N3O. The van der Waals surface area contributed by atoms with E-state index in [1.807, 2.05) is 13.0 Å². The van der Waals surface area contributed by atoms with Gasteiger partial charge in [0.15, 0.2) is 5.78 Å². The van der Waals surface area contributed by atoms with Crippen LogP contribution in [0.2, 0.25) is 0 Å². The monoisotopic (exact) mass is 235 g/mol. The third-order valence-electron chi connectivity index (χ3n) is 3.82. The maximum absolute atomic E-state index is 12.5. The summed E-state index contributed by atoms with van der Waals surface area (Å²) in [5.41, 5.74) is 6.53. The molecule has 1 heterocycles. The number of ketones is 1. The Bertz CT molecular complexity index is 386. The fourth-order valence-corrected chi connectivity index (χ4v) is 2.82. The molecule has 0 spiro atoms. The Balaban J connectivity index is 2.18. The molecule has 4 heteroatoms. The van der Waals surface area contributed by atoms with Gasteiger partial charge in [-0.15, -0.1) is 0 Å². The first-order chi connectivity index (χ1) is 8.27. The van der Waals surface area contributed by atoms with Gasteiger partial charge in [-0.1, -0.05) is 12.8 Å². The number of carbonyl (C=O) groups excluding carboxylic acids is 1. The summed E-state index contributed by atoms with van der Waals surface area (Å²) in [7, 11) is 0. The van der Waals surface area contributed by atoms with Crippen LogP contribution >= 0.6 is 0 Å². The maximum Gasteiger partial charge on any atom is 0.184 e. The van der Waals surface area contributed by atoms with E-state index in [-0.39, 0.29) is 11.7 Å². The molecule has 94 valence electrons. The minimum absolute atomic E-state index is 0.107. The van der Waals surface area contributed by atoms with E-state index in [2.05, 4.69) is 5.10 Å². The first kappa shape index (κ1) is 12.3. The predicted molar refractivity (Wildman–Crippen MR) is 66.7 cm³/mol. The van der Waals surface area contributed by atoms with Crippen LogP contribution in [0.4, 0.5) is 0 Å². The van der Waals surface area contributed by atoms with Gasteiger partial charge in [-0.25, -0.2) is 0 Å². The van der Waals surface area contributed by atoms with E-state index in [9.17, 15) is 4.79 Å². The molecule has 1 aliphatic rings. The summed E-state index contributed by atoms with van der Waals surface area (Å²) in [4.78, 5) is 12.5. The molecule has 2 rings (SSSR count). The lowest BCUT2D eigenvalue weighted by molar-refractivity contribution is 0.0818. The third-order valence-corrected chi connectivity index (χ3v) is 3.82. The second kappa shape index (κ2) is 5.45. The van der Waals surface area contributed by atoms with Gasteiger partial charge >= 0.3 is 0 Å². The summed E-state index contributed by atoms with van der Waals surface area (Å²) in [6.07, 6.45) is 6.13. The number of carbonyl (C=O) groups is 1. The summed E-state index contributed by atoms with van der Waals surface area (Å²) in [5, 5.41) is 4.17. The quantitative estimate of drug-likeness (QED) is 0.810. The number of hydrogen-bond donors (Lipinski definition) is 1. The van der Waals surface area contributed by atoms with E-state index in [1.54, 1.807) is 10.9 Å². The molecule has 1 aromatic heterocycles. The van der Waals surface area contributed by atoms with Crippen molar-refractivity contribution in [3.8, 4) is 0 Å². The van der Waals surface area contributed by atoms with Gasteiger partial charge in [0, 0.05) is 18.7 Å². The zero-order valence-corrected chi connectivity index (χ0v) is 10.4. The lowest BCUT2D eigenvalue weighted by Crippen LogP contribution is -2.33. The average Bonchev–Trinajstić information content (AvgIpc) is 2.86. The highest BCUT2D eigenvalue weighted by Crippen LogP contribution is 2.31. The molecule has 0 aliphatic heterocycles. The summed E-state index contributed by atoms with van der Waals surface area (Å²) in [5.74, 6) is 0.701. The molecule has 2 atom stereocenters. The smallest absolute Gasteiger partial charge is 0.184 e. The highest BCUT2D eigenvalue weighted by molar-refractivity contribution is 5.96. The van der Waals surface area contributed by atoms with Crippen molar-refractivity contribution in [2.45, 2.75) is 39.2 Å². The van der Waals surface area contributed by atoms with Crippen LogP contribution in [-0.2, 0) is 6.54 Å². The van der Waals surface area contributed by atoms with Gasteiger partial charge in [-0.05, 0) is 38.3 Å². The Morgan fingerprint density at radius 1 is 1.53 bits per heavy atom. The Kier molecular flexibility index (Phi) is 3.94. The van der Waals surface area contributed by atoms with E-state index in [0.717, 1.165) is 31.5 Å². The van der Waals surface area contributed by atoms with Crippen LogP contribution in [0.5, 0.6) is 0 Å². The number of aromatic nitrogens is 2. The van der Waals surface area contributed by atoms with Gasteiger partial charge < -0.3 is 5.73 Å². The number of aryl methyl sites for hydroxylation is 1. The van der Waals surface area contributed by atoms with Gasteiger partial charge in [-0.3, -0.25) is 9.48 Å². The molecule has 1 aliphatic carbocycles. The van der Waals surface area contributed by atoms with E-state index >= 15 is 0 Å². The zero-order valence-electron chi connectivity index (χ0n) is 10.4. The minimum Gasteiger partial charge on any atom is -0.330 e. The van der Waals surface area contributed by atoms with Crippen molar-refractivity contribution in [2.24, 2.45) is 17.6 Å². The van der Waals surface area contributed by atoms with Crippen molar-refractivity contribution >= 4 is 5.78 Å². The van der Waals surface area contributed by atoms with E-state index in [1.165, 1.54) is 6.42 Å². The Hall–Kier alpha value is -1.16. The summed E-state index contributed by atoms with van der Waals surface area (Å²) in [6, 6.07) is 1.83. The molecule has 1 fully saturated rings. The summed E-state index contributed by atoms with van der Waals surface area (Å²) in [6.45, 7) is 3.37. The van der Waals surface area contributed by atoms with Crippen LogP contribution in [0.1, 0.15) is 43.1 Å². The highest BCUT2D eigenvalue weighted by atomic mass is 16.1. The Morgan fingerprint density at radius 2 is 2.29 bits per heavy atom. The lowest BCUT2D eigenvalue weighted by atomic mass is 9.76. The average molecular weight is 235 g/mol. The van der Waals surface area contributed by atoms with Crippen LogP contribution in [0.25, 0.3) is 0 Å². The van der Waals surface area contributed by atoms with E-state index in [0.29, 0.717) is 12.5 Å². The lowest BCUT2D eigenvalue weighted by Gasteiger charge is -2.29. The Morgan fingerprint density at radius 3 is 3.00 bits per heavy atom. The van der Waals surface area contributed by atoms with Gasteiger partial charge in [0.05, 0.1) is 0 Å². The van der Waals surface area contributed by atoms with Crippen LogP contribution in [0.3, 0.4) is 0 Å². The van der Waals surface area contributed by atoms with Crippen molar-refractivity contribution in [3.05, 3.63) is 18.0 Å².